The van der Waals surface area contributed by atoms with Gasteiger partial charge in [0.05, 0.1) is 4.88 Å². The number of fused-ring (bicyclic) bond motifs is 1. The fraction of sp³-hybridized carbons (Fsp3) is 0.250. The minimum absolute atomic E-state index is 0.00352. The molecule has 3 nitrogen and oxygen atoms in total. The average molecular weight is 285 g/mol. The predicted octanol–water partition coefficient (Wildman–Crippen LogP) is 3.69. The molecule has 0 saturated carbocycles. The molecule has 0 fully saturated rings. The number of amides is 1. The van der Waals surface area contributed by atoms with Crippen LogP contribution in [0.25, 0.3) is 0 Å². The monoisotopic (exact) mass is 285 g/mol. The van der Waals surface area contributed by atoms with Gasteiger partial charge in [0.25, 0.3) is 5.91 Å². The third-order valence-corrected chi connectivity index (χ3v) is 4.73. The number of carbonyl (C=O) groups excluding carboxylic acids is 2. The van der Waals surface area contributed by atoms with Crippen molar-refractivity contribution in [3.05, 3.63) is 51.2 Å². The Morgan fingerprint density at radius 3 is 2.80 bits per heavy atom. The Morgan fingerprint density at radius 2 is 2.05 bits per heavy atom. The van der Waals surface area contributed by atoms with Crippen LogP contribution >= 0.6 is 11.3 Å². The molecule has 3 rings (SSSR count). The van der Waals surface area contributed by atoms with E-state index in [0.717, 1.165) is 17.7 Å². The average Bonchev–Trinajstić information content (AvgIpc) is 2.99. The third-order valence-electron chi connectivity index (χ3n) is 3.50. The van der Waals surface area contributed by atoms with Crippen LogP contribution < -0.4 is 5.32 Å². The van der Waals surface area contributed by atoms with E-state index in [9.17, 15) is 9.59 Å². The molecule has 1 amide bonds. The number of rotatable bonds is 3. The van der Waals surface area contributed by atoms with Crippen LogP contribution in [0.5, 0.6) is 0 Å². The first kappa shape index (κ1) is 13.1. The SMILES string of the molecule is CC(=O)c1cccc(NC(=O)c2cc3c(s2)CCC3)c1. The summed E-state index contributed by atoms with van der Waals surface area (Å²) in [5.74, 6) is -0.0960. The van der Waals surface area contributed by atoms with E-state index in [1.165, 1.54) is 23.8 Å². The highest BCUT2D eigenvalue weighted by molar-refractivity contribution is 7.14. The first-order chi connectivity index (χ1) is 9.63. The van der Waals surface area contributed by atoms with Crippen LogP contribution in [0, 0.1) is 0 Å². The van der Waals surface area contributed by atoms with Gasteiger partial charge in [0.1, 0.15) is 0 Å². The van der Waals surface area contributed by atoms with Crippen molar-refractivity contribution in [3.63, 3.8) is 0 Å². The molecular weight excluding hydrogens is 270 g/mol. The zero-order valence-corrected chi connectivity index (χ0v) is 12.0. The number of aryl methyl sites for hydroxylation is 2. The molecule has 1 aliphatic rings. The number of anilines is 1. The van der Waals surface area contributed by atoms with E-state index in [0.29, 0.717) is 11.3 Å². The van der Waals surface area contributed by atoms with Crippen LogP contribution in [0.1, 0.15) is 43.8 Å². The van der Waals surface area contributed by atoms with E-state index in [1.807, 2.05) is 6.07 Å². The van der Waals surface area contributed by atoms with Crippen LogP contribution in [0.15, 0.2) is 30.3 Å². The van der Waals surface area contributed by atoms with Gasteiger partial charge in [0.2, 0.25) is 0 Å². The predicted molar refractivity (Wildman–Crippen MR) is 80.7 cm³/mol. The summed E-state index contributed by atoms with van der Waals surface area (Å²) in [6.07, 6.45) is 3.37. The topological polar surface area (TPSA) is 46.2 Å². The van der Waals surface area contributed by atoms with Crippen LogP contribution in [0.4, 0.5) is 5.69 Å². The van der Waals surface area contributed by atoms with Gasteiger partial charge in [-0.25, -0.2) is 0 Å². The van der Waals surface area contributed by atoms with Crippen LogP contribution in [0.3, 0.4) is 0 Å². The van der Waals surface area contributed by atoms with Crippen molar-refractivity contribution >= 4 is 28.7 Å². The summed E-state index contributed by atoms with van der Waals surface area (Å²) >= 11 is 1.58. The molecule has 1 heterocycles. The minimum atomic E-state index is -0.0925. The lowest BCUT2D eigenvalue weighted by molar-refractivity contribution is 0.101. The van der Waals surface area contributed by atoms with Crippen molar-refractivity contribution in [3.8, 4) is 0 Å². The molecule has 1 aromatic carbocycles. The number of thiophene rings is 1. The molecule has 0 spiro atoms. The second kappa shape index (κ2) is 5.21. The van der Waals surface area contributed by atoms with Crippen LogP contribution in [0.2, 0.25) is 0 Å². The summed E-state index contributed by atoms with van der Waals surface area (Å²) in [5, 5.41) is 2.86. The summed E-state index contributed by atoms with van der Waals surface area (Å²) in [7, 11) is 0. The van der Waals surface area contributed by atoms with Gasteiger partial charge in [-0.05, 0) is 49.9 Å². The maximum atomic E-state index is 12.2. The normalized spacial score (nSPS) is 13.1. The molecule has 0 bridgehead atoms. The Bertz CT molecular complexity index is 666. The molecule has 1 aliphatic carbocycles. The molecule has 0 atom stereocenters. The van der Waals surface area contributed by atoms with Gasteiger partial charge >= 0.3 is 0 Å². The highest BCUT2D eigenvalue weighted by Gasteiger charge is 2.18. The molecule has 1 aromatic heterocycles. The second-order valence-corrected chi connectivity index (χ2v) is 6.14. The maximum Gasteiger partial charge on any atom is 0.265 e. The van der Waals surface area contributed by atoms with Gasteiger partial charge in [0, 0.05) is 16.1 Å². The van der Waals surface area contributed by atoms with Crippen molar-refractivity contribution in [1.82, 2.24) is 0 Å². The molecule has 0 unspecified atom stereocenters. The lowest BCUT2D eigenvalue weighted by Gasteiger charge is -2.05. The first-order valence-electron chi connectivity index (χ1n) is 6.67. The van der Waals surface area contributed by atoms with Crippen molar-refractivity contribution in [2.75, 3.05) is 5.32 Å². The Labute approximate surface area is 121 Å². The fourth-order valence-electron chi connectivity index (χ4n) is 2.45. The summed E-state index contributed by atoms with van der Waals surface area (Å²) in [6.45, 7) is 1.52. The second-order valence-electron chi connectivity index (χ2n) is 5.00. The number of ketones is 1. The minimum Gasteiger partial charge on any atom is -0.321 e. The molecule has 4 heteroatoms. The largest absolute Gasteiger partial charge is 0.321 e. The Hall–Kier alpha value is -1.94. The number of benzene rings is 1. The van der Waals surface area contributed by atoms with Gasteiger partial charge in [-0.1, -0.05) is 12.1 Å². The molecule has 20 heavy (non-hydrogen) atoms. The van der Waals surface area contributed by atoms with E-state index in [-0.39, 0.29) is 11.7 Å². The van der Waals surface area contributed by atoms with Gasteiger partial charge in [-0.3, -0.25) is 9.59 Å². The number of hydrogen-bond donors (Lipinski definition) is 1. The molecule has 0 aliphatic heterocycles. The number of hydrogen-bond acceptors (Lipinski definition) is 3. The highest BCUT2D eigenvalue weighted by atomic mass is 32.1. The third kappa shape index (κ3) is 2.51. The standard InChI is InChI=1S/C16H15NO2S/c1-10(18)11-4-2-6-13(8-11)17-16(19)15-9-12-5-3-7-14(12)20-15/h2,4,6,8-9H,3,5,7H2,1H3,(H,17,19). The van der Waals surface area contributed by atoms with Gasteiger partial charge < -0.3 is 5.32 Å². The van der Waals surface area contributed by atoms with Crippen molar-refractivity contribution in [2.24, 2.45) is 0 Å². The molecular formula is C16H15NO2S. The lowest BCUT2D eigenvalue weighted by atomic mass is 10.1. The van der Waals surface area contributed by atoms with Gasteiger partial charge in [-0.2, -0.15) is 0 Å². The van der Waals surface area contributed by atoms with Gasteiger partial charge in [-0.15, -0.1) is 11.3 Å². The zero-order chi connectivity index (χ0) is 14.1. The van der Waals surface area contributed by atoms with E-state index in [1.54, 1.807) is 35.6 Å². The Morgan fingerprint density at radius 1 is 1.20 bits per heavy atom. The van der Waals surface area contributed by atoms with E-state index in [4.69, 9.17) is 0 Å². The molecule has 2 aromatic rings. The van der Waals surface area contributed by atoms with Gasteiger partial charge in [0.15, 0.2) is 5.78 Å². The molecule has 0 radical (unpaired) electrons. The van der Waals surface area contributed by atoms with Crippen LogP contribution in [-0.2, 0) is 12.8 Å². The Balaban J connectivity index is 1.78. The number of Topliss-reactive ketones (excluding diaryl/α,β-unsaturated/α-hetero) is 1. The summed E-state index contributed by atoms with van der Waals surface area (Å²) in [5.41, 5.74) is 2.59. The lowest BCUT2D eigenvalue weighted by Crippen LogP contribution is -2.10. The van der Waals surface area contributed by atoms with Crippen LogP contribution in [-0.4, -0.2) is 11.7 Å². The first-order valence-corrected chi connectivity index (χ1v) is 7.49. The van der Waals surface area contributed by atoms with E-state index >= 15 is 0 Å². The quantitative estimate of drug-likeness (QED) is 0.874. The smallest absolute Gasteiger partial charge is 0.265 e. The number of nitrogens with one attached hydrogen (secondary N) is 1. The molecule has 1 N–H and O–H groups in total. The zero-order valence-electron chi connectivity index (χ0n) is 11.2. The summed E-state index contributed by atoms with van der Waals surface area (Å²) in [6, 6.07) is 9.03. The Kier molecular flexibility index (Phi) is 3.40. The van der Waals surface area contributed by atoms with Crippen molar-refractivity contribution in [1.29, 1.82) is 0 Å². The van der Waals surface area contributed by atoms with E-state index in [2.05, 4.69) is 5.32 Å². The molecule has 0 saturated heterocycles. The summed E-state index contributed by atoms with van der Waals surface area (Å²) < 4.78 is 0. The highest BCUT2D eigenvalue weighted by Crippen LogP contribution is 2.31. The summed E-state index contributed by atoms with van der Waals surface area (Å²) in [4.78, 5) is 25.6. The van der Waals surface area contributed by atoms with Crippen molar-refractivity contribution < 1.29 is 9.59 Å². The van der Waals surface area contributed by atoms with E-state index < -0.39 is 0 Å². The van der Waals surface area contributed by atoms with Crippen molar-refractivity contribution in [2.45, 2.75) is 26.2 Å². The molecule has 102 valence electrons. The maximum absolute atomic E-state index is 12.2. The number of carbonyl (C=O) groups is 2. The fourth-order valence-corrected chi connectivity index (χ4v) is 3.60.